The summed E-state index contributed by atoms with van der Waals surface area (Å²) in [6, 6.07) is 3.20. The number of nitrogens with one attached hydrogen (secondary N) is 1. The molecule has 0 atom stereocenters. The first kappa shape index (κ1) is 14.1. The van der Waals surface area contributed by atoms with Gasteiger partial charge >= 0.3 is 5.97 Å². The van der Waals surface area contributed by atoms with Crippen molar-refractivity contribution in [2.24, 2.45) is 0 Å². The Morgan fingerprint density at radius 2 is 2.11 bits per heavy atom. The van der Waals surface area contributed by atoms with E-state index < -0.39 is 5.97 Å². The second-order valence-corrected chi connectivity index (χ2v) is 5.00. The van der Waals surface area contributed by atoms with Crippen molar-refractivity contribution in [1.82, 2.24) is 10.2 Å². The summed E-state index contributed by atoms with van der Waals surface area (Å²) >= 11 is 0. The van der Waals surface area contributed by atoms with Gasteiger partial charge in [-0.3, -0.25) is 0 Å². The molecular formula is C14H22N2O3. The zero-order valence-electron chi connectivity index (χ0n) is 11.2. The summed E-state index contributed by atoms with van der Waals surface area (Å²) in [6.45, 7) is 5.14. The third-order valence-electron chi connectivity index (χ3n) is 3.45. The predicted molar refractivity (Wildman–Crippen MR) is 72.3 cm³/mol. The predicted octanol–water partition coefficient (Wildman–Crippen LogP) is 1.94. The summed E-state index contributed by atoms with van der Waals surface area (Å²) < 4.78 is 5.17. The van der Waals surface area contributed by atoms with Crippen LogP contribution in [0.15, 0.2) is 16.5 Å². The minimum Gasteiger partial charge on any atom is -0.475 e. The summed E-state index contributed by atoms with van der Waals surface area (Å²) in [7, 11) is 0. The van der Waals surface area contributed by atoms with E-state index in [0.29, 0.717) is 12.3 Å². The molecule has 2 rings (SSSR count). The minimum atomic E-state index is -1.02. The molecule has 106 valence electrons. The van der Waals surface area contributed by atoms with Crippen LogP contribution in [0.25, 0.3) is 0 Å². The molecule has 1 fully saturated rings. The van der Waals surface area contributed by atoms with Gasteiger partial charge in [0, 0.05) is 0 Å². The molecule has 5 heteroatoms. The van der Waals surface area contributed by atoms with E-state index in [1.807, 2.05) is 0 Å². The Labute approximate surface area is 113 Å². The van der Waals surface area contributed by atoms with Gasteiger partial charge in [0.25, 0.3) is 0 Å². The average molecular weight is 266 g/mol. The first-order valence-electron chi connectivity index (χ1n) is 7.01. The molecule has 5 nitrogen and oxygen atoms in total. The van der Waals surface area contributed by atoms with E-state index in [9.17, 15) is 4.79 Å². The maximum absolute atomic E-state index is 10.6. The molecule has 1 aromatic rings. The van der Waals surface area contributed by atoms with Crippen molar-refractivity contribution in [3.05, 3.63) is 23.7 Å². The molecule has 1 aromatic heterocycles. The van der Waals surface area contributed by atoms with Crippen LogP contribution in [-0.4, -0.2) is 42.2 Å². The van der Waals surface area contributed by atoms with E-state index in [1.54, 1.807) is 6.07 Å². The normalized spacial score (nSPS) is 16.6. The Morgan fingerprint density at radius 3 is 2.79 bits per heavy atom. The lowest BCUT2D eigenvalue weighted by atomic mass is 10.1. The van der Waals surface area contributed by atoms with Crippen molar-refractivity contribution in [1.29, 1.82) is 0 Å². The van der Waals surface area contributed by atoms with E-state index in [4.69, 9.17) is 9.52 Å². The van der Waals surface area contributed by atoms with Crippen LogP contribution < -0.4 is 5.32 Å². The number of likely N-dealkylation sites (tertiary alicyclic amines) is 1. The van der Waals surface area contributed by atoms with Gasteiger partial charge in [0.1, 0.15) is 5.76 Å². The summed E-state index contributed by atoms with van der Waals surface area (Å²) in [5, 5.41) is 12.0. The molecule has 0 aromatic carbocycles. The molecule has 2 N–H and O–H groups in total. The maximum Gasteiger partial charge on any atom is 0.371 e. The molecule has 0 bridgehead atoms. The third-order valence-corrected chi connectivity index (χ3v) is 3.45. The lowest BCUT2D eigenvalue weighted by Gasteiger charge is -2.26. The van der Waals surface area contributed by atoms with Gasteiger partial charge in [0.05, 0.1) is 6.54 Å². The van der Waals surface area contributed by atoms with Crippen molar-refractivity contribution >= 4 is 5.97 Å². The second-order valence-electron chi connectivity index (χ2n) is 5.00. The molecule has 0 unspecified atom stereocenters. The summed E-state index contributed by atoms with van der Waals surface area (Å²) in [6.07, 6.45) is 5.15. The number of carbonyl (C=O) groups is 1. The monoisotopic (exact) mass is 266 g/mol. The molecule has 0 aliphatic carbocycles. The molecule has 1 saturated heterocycles. The van der Waals surface area contributed by atoms with Gasteiger partial charge in [-0.15, -0.1) is 0 Å². The quantitative estimate of drug-likeness (QED) is 0.738. The summed E-state index contributed by atoms with van der Waals surface area (Å²) in [5.41, 5.74) is 0. The van der Waals surface area contributed by atoms with Crippen LogP contribution >= 0.6 is 0 Å². The Hall–Kier alpha value is -1.33. The molecule has 0 saturated carbocycles. The van der Waals surface area contributed by atoms with Gasteiger partial charge in [-0.2, -0.15) is 0 Å². The topological polar surface area (TPSA) is 65.7 Å². The van der Waals surface area contributed by atoms with Gasteiger partial charge in [-0.1, -0.05) is 6.42 Å². The molecule has 0 spiro atoms. The largest absolute Gasteiger partial charge is 0.475 e. The zero-order chi connectivity index (χ0) is 13.5. The van der Waals surface area contributed by atoms with Crippen LogP contribution in [0.4, 0.5) is 0 Å². The lowest BCUT2D eigenvalue weighted by molar-refractivity contribution is 0.0660. The number of aromatic carboxylic acids is 1. The van der Waals surface area contributed by atoms with E-state index in [0.717, 1.165) is 19.5 Å². The van der Waals surface area contributed by atoms with Gasteiger partial charge in [0.2, 0.25) is 5.76 Å². The van der Waals surface area contributed by atoms with Crippen LogP contribution in [0, 0.1) is 0 Å². The Morgan fingerprint density at radius 1 is 1.32 bits per heavy atom. The molecule has 2 heterocycles. The number of furan rings is 1. The number of rotatable bonds is 7. The highest BCUT2D eigenvalue weighted by Gasteiger charge is 2.10. The molecule has 0 amide bonds. The third kappa shape index (κ3) is 4.69. The van der Waals surface area contributed by atoms with Gasteiger partial charge in [-0.25, -0.2) is 4.79 Å². The number of nitrogens with zero attached hydrogens (tertiary/aromatic N) is 1. The van der Waals surface area contributed by atoms with Crippen LogP contribution in [0.5, 0.6) is 0 Å². The fourth-order valence-electron chi connectivity index (χ4n) is 2.41. The zero-order valence-corrected chi connectivity index (χ0v) is 11.2. The second kappa shape index (κ2) is 7.31. The SMILES string of the molecule is O=C(O)c1ccc(CNCCCN2CCCCC2)o1. The Balaban J connectivity index is 1.57. The molecule has 1 aliphatic heterocycles. The fourth-order valence-corrected chi connectivity index (χ4v) is 2.41. The smallest absolute Gasteiger partial charge is 0.371 e. The van der Waals surface area contributed by atoms with E-state index >= 15 is 0 Å². The summed E-state index contributed by atoms with van der Waals surface area (Å²) in [5.74, 6) is -0.336. The molecule has 19 heavy (non-hydrogen) atoms. The van der Waals surface area contributed by atoms with E-state index in [1.165, 1.54) is 38.4 Å². The number of carboxylic acids is 1. The van der Waals surface area contributed by atoms with E-state index in [2.05, 4.69) is 10.2 Å². The first-order valence-corrected chi connectivity index (χ1v) is 7.01. The fraction of sp³-hybridized carbons (Fsp3) is 0.643. The van der Waals surface area contributed by atoms with Crippen molar-refractivity contribution < 1.29 is 14.3 Å². The molecular weight excluding hydrogens is 244 g/mol. The van der Waals surface area contributed by atoms with Crippen LogP contribution in [0.1, 0.15) is 42.0 Å². The van der Waals surface area contributed by atoms with Gasteiger partial charge in [0.15, 0.2) is 0 Å². The van der Waals surface area contributed by atoms with Crippen molar-refractivity contribution in [2.75, 3.05) is 26.2 Å². The highest BCUT2D eigenvalue weighted by atomic mass is 16.4. The number of piperidine rings is 1. The highest BCUT2D eigenvalue weighted by molar-refractivity contribution is 5.84. The maximum atomic E-state index is 10.6. The number of carboxylic acid groups (broad SMARTS) is 1. The van der Waals surface area contributed by atoms with Gasteiger partial charge in [-0.05, 0) is 57.6 Å². The molecule has 0 radical (unpaired) electrons. The average Bonchev–Trinajstić information content (AvgIpc) is 2.89. The number of hydrogen-bond donors (Lipinski definition) is 2. The summed E-state index contributed by atoms with van der Waals surface area (Å²) in [4.78, 5) is 13.2. The highest BCUT2D eigenvalue weighted by Crippen LogP contribution is 2.09. The van der Waals surface area contributed by atoms with Crippen LogP contribution in [-0.2, 0) is 6.54 Å². The van der Waals surface area contributed by atoms with Crippen molar-refractivity contribution in [3.8, 4) is 0 Å². The molecule has 1 aliphatic rings. The lowest BCUT2D eigenvalue weighted by Crippen LogP contribution is -2.32. The van der Waals surface area contributed by atoms with Crippen molar-refractivity contribution in [3.63, 3.8) is 0 Å². The Bertz CT molecular complexity index is 397. The minimum absolute atomic E-state index is 0.00474. The number of hydrogen-bond acceptors (Lipinski definition) is 4. The van der Waals surface area contributed by atoms with E-state index in [-0.39, 0.29) is 5.76 Å². The standard InChI is InChI=1S/C14H22N2O3/c17-14(18)13-6-5-12(19-13)11-15-7-4-10-16-8-2-1-3-9-16/h5-6,15H,1-4,7-11H2,(H,17,18). The van der Waals surface area contributed by atoms with Gasteiger partial charge < -0.3 is 19.7 Å². The van der Waals surface area contributed by atoms with Crippen LogP contribution in [0.2, 0.25) is 0 Å². The Kier molecular flexibility index (Phi) is 5.42. The first-order chi connectivity index (χ1) is 9.25. The van der Waals surface area contributed by atoms with Crippen molar-refractivity contribution in [2.45, 2.75) is 32.2 Å². The van der Waals surface area contributed by atoms with Crippen LogP contribution in [0.3, 0.4) is 0 Å².